The third kappa shape index (κ3) is 4.45. The first kappa shape index (κ1) is 11.5. The Labute approximate surface area is 91.7 Å². The van der Waals surface area contributed by atoms with Crippen molar-refractivity contribution in [3.8, 4) is 0 Å². The molecular weight excluding hydrogens is 184 g/mol. The molecule has 0 aliphatic carbocycles. The smallest absolute Gasteiger partial charge is 0.0561 e. The van der Waals surface area contributed by atoms with Crippen molar-refractivity contribution in [3.63, 3.8) is 0 Å². The van der Waals surface area contributed by atoms with Crippen molar-refractivity contribution in [2.75, 3.05) is 5.43 Å². The van der Waals surface area contributed by atoms with Gasteiger partial charge in [0.25, 0.3) is 0 Å². The first-order valence-corrected chi connectivity index (χ1v) is 5.19. The van der Waals surface area contributed by atoms with Crippen LogP contribution in [-0.2, 0) is 0 Å². The molecule has 0 amide bonds. The maximum Gasteiger partial charge on any atom is 0.0561 e. The molecule has 1 aromatic carbocycles. The molecule has 0 atom stereocenters. The first-order valence-electron chi connectivity index (χ1n) is 5.19. The zero-order valence-corrected chi connectivity index (χ0v) is 9.46. The molecule has 0 radical (unpaired) electrons. The second-order valence-corrected chi connectivity index (χ2v) is 3.65. The van der Waals surface area contributed by atoms with E-state index in [0.717, 1.165) is 24.2 Å². The van der Waals surface area contributed by atoms with Crippen LogP contribution in [0.5, 0.6) is 0 Å². The van der Waals surface area contributed by atoms with E-state index in [2.05, 4.69) is 36.2 Å². The Morgan fingerprint density at radius 3 is 2.67 bits per heavy atom. The maximum absolute atomic E-state index is 4.28. The van der Waals surface area contributed by atoms with E-state index in [9.17, 15) is 0 Å². The highest BCUT2D eigenvalue weighted by Crippen LogP contribution is 2.08. The number of allylic oxidation sites excluding steroid dienone is 1. The van der Waals surface area contributed by atoms with E-state index >= 15 is 0 Å². The Balaban J connectivity index is 2.48. The lowest BCUT2D eigenvalue weighted by Crippen LogP contribution is -1.96. The Hall–Kier alpha value is -1.57. The minimum absolute atomic E-state index is 0.961. The summed E-state index contributed by atoms with van der Waals surface area (Å²) in [7, 11) is 0. The Morgan fingerprint density at radius 1 is 1.40 bits per heavy atom. The predicted octanol–water partition coefficient (Wildman–Crippen LogP) is 3.75. The Morgan fingerprint density at radius 2 is 2.07 bits per heavy atom. The molecule has 0 heterocycles. The molecule has 0 saturated carbocycles. The van der Waals surface area contributed by atoms with Crippen LogP contribution in [-0.4, -0.2) is 5.71 Å². The monoisotopic (exact) mass is 202 g/mol. The molecule has 1 rings (SSSR count). The van der Waals surface area contributed by atoms with Crippen LogP contribution >= 0.6 is 0 Å². The van der Waals surface area contributed by atoms with Crippen molar-refractivity contribution in [2.24, 2.45) is 5.10 Å². The molecule has 0 bridgehead atoms. The molecule has 0 saturated heterocycles. The summed E-state index contributed by atoms with van der Waals surface area (Å²) in [5.41, 5.74) is 6.41. The fraction of sp³-hybridized carbons (Fsp3) is 0.308. The van der Waals surface area contributed by atoms with Crippen LogP contribution in [0, 0.1) is 6.92 Å². The van der Waals surface area contributed by atoms with E-state index in [-0.39, 0.29) is 0 Å². The number of benzene rings is 1. The SMILES string of the molecule is C=CCC/C(C)=N/Nc1ccc(C)cc1. The van der Waals surface area contributed by atoms with Crippen LogP contribution < -0.4 is 5.43 Å². The number of rotatable bonds is 5. The van der Waals surface area contributed by atoms with Crippen LogP contribution in [0.2, 0.25) is 0 Å². The zero-order chi connectivity index (χ0) is 11.1. The number of nitrogens with one attached hydrogen (secondary N) is 1. The van der Waals surface area contributed by atoms with Crippen LogP contribution in [0.15, 0.2) is 42.0 Å². The fourth-order valence-corrected chi connectivity index (χ4v) is 1.15. The summed E-state index contributed by atoms with van der Waals surface area (Å²) in [5.74, 6) is 0. The summed E-state index contributed by atoms with van der Waals surface area (Å²) in [6, 6.07) is 8.19. The summed E-state index contributed by atoms with van der Waals surface area (Å²) in [4.78, 5) is 0. The minimum atomic E-state index is 0.961. The normalized spacial score (nSPS) is 11.2. The van der Waals surface area contributed by atoms with Gasteiger partial charge in [-0.25, -0.2) is 0 Å². The van der Waals surface area contributed by atoms with E-state index in [1.165, 1.54) is 5.56 Å². The summed E-state index contributed by atoms with van der Waals surface area (Å²) in [6.07, 6.45) is 3.85. The summed E-state index contributed by atoms with van der Waals surface area (Å²) >= 11 is 0. The number of anilines is 1. The van der Waals surface area contributed by atoms with Gasteiger partial charge in [-0.05, 0) is 38.8 Å². The second-order valence-electron chi connectivity index (χ2n) is 3.65. The number of hydrogen-bond donors (Lipinski definition) is 1. The number of hydrogen-bond acceptors (Lipinski definition) is 2. The summed E-state index contributed by atoms with van der Waals surface area (Å²) in [6.45, 7) is 7.78. The Kier molecular flexibility index (Phi) is 4.61. The maximum atomic E-state index is 4.28. The molecule has 15 heavy (non-hydrogen) atoms. The predicted molar refractivity (Wildman–Crippen MR) is 67.3 cm³/mol. The van der Waals surface area contributed by atoms with Crippen molar-refractivity contribution in [1.82, 2.24) is 0 Å². The molecule has 0 spiro atoms. The van der Waals surface area contributed by atoms with Gasteiger partial charge in [0.15, 0.2) is 0 Å². The van der Waals surface area contributed by atoms with Gasteiger partial charge in [0.1, 0.15) is 0 Å². The first-order chi connectivity index (χ1) is 7.22. The van der Waals surface area contributed by atoms with E-state index in [0.29, 0.717) is 0 Å². The third-order valence-electron chi connectivity index (χ3n) is 2.14. The fourth-order valence-electron chi connectivity index (χ4n) is 1.15. The minimum Gasteiger partial charge on any atom is -0.279 e. The van der Waals surface area contributed by atoms with Crippen molar-refractivity contribution in [3.05, 3.63) is 42.5 Å². The molecule has 0 aliphatic rings. The highest BCUT2D eigenvalue weighted by molar-refractivity contribution is 5.82. The van der Waals surface area contributed by atoms with E-state index in [4.69, 9.17) is 0 Å². The molecule has 80 valence electrons. The average molecular weight is 202 g/mol. The van der Waals surface area contributed by atoms with Crippen molar-refractivity contribution in [2.45, 2.75) is 26.7 Å². The topological polar surface area (TPSA) is 24.4 Å². The van der Waals surface area contributed by atoms with Gasteiger partial charge in [0, 0.05) is 5.71 Å². The van der Waals surface area contributed by atoms with Crippen LogP contribution in [0.25, 0.3) is 0 Å². The molecule has 0 fully saturated rings. The summed E-state index contributed by atoms with van der Waals surface area (Å²) < 4.78 is 0. The standard InChI is InChI=1S/C13H18N2/c1-4-5-6-12(3)14-15-13-9-7-11(2)8-10-13/h4,7-10,15H,1,5-6H2,2-3H3/b14-12+. The molecule has 2 heteroatoms. The molecule has 0 aromatic heterocycles. The summed E-state index contributed by atoms with van der Waals surface area (Å²) in [5, 5.41) is 4.28. The van der Waals surface area contributed by atoms with Crippen LogP contribution in [0.3, 0.4) is 0 Å². The van der Waals surface area contributed by atoms with E-state index in [1.807, 2.05) is 25.1 Å². The number of hydrazone groups is 1. The highest BCUT2D eigenvalue weighted by atomic mass is 15.3. The Bertz CT molecular complexity index is 336. The van der Waals surface area contributed by atoms with Gasteiger partial charge in [-0.3, -0.25) is 5.43 Å². The average Bonchev–Trinajstić information content (AvgIpc) is 2.25. The van der Waals surface area contributed by atoms with Crippen molar-refractivity contribution in [1.29, 1.82) is 0 Å². The third-order valence-corrected chi connectivity index (χ3v) is 2.14. The molecular formula is C13H18N2. The van der Waals surface area contributed by atoms with Gasteiger partial charge in [0.2, 0.25) is 0 Å². The van der Waals surface area contributed by atoms with E-state index < -0.39 is 0 Å². The second kappa shape index (κ2) is 6.02. The van der Waals surface area contributed by atoms with Crippen LogP contribution in [0.1, 0.15) is 25.3 Å². The van der Waals surface area contributed by atoms with Crippen LogP contribution in [0.4, 0.5) is 5.69 Å². The van der Waals surface area contributed by atoms with Gasteiger partial charge >= 0.3 is 0 Å². The van der Waals surface area contributed by atoms with Crippen molar-refractivity contribution >= 4 is 11.4 Å². The molecule has 0 aliphatic heterocycles. The van der Waals surface area contributed by atoms with E-state index in [1.54, 1.807) is 0 Å². The van der Waals surface area contributed by atoms with Gasteiger partial charge in [-0.2, -0.15) is 5.10 Å². The quantitative estimate of drug-likeness (QED) is 0.439. The van der Waals surface area contributed by atoms with Crippen molar-refractivity contribution < 1.29 is 0 Å². The number of nitrogens with zero attached hydrogens (tertiary/aromatic N) is 1. The largest absolute Gasteiger partial charge is 0.279 e. The lowest BCUT2D eigenvalue weighted by Gasteiger charge is -2.02. The zero-order valence-electron chi connectivity index (χ0n) is 9.46. The highest BCUT2D eigenvalue weighted by Gasteiger charge is 1.91. The van der Waals surface area contributed by atoms with Gasteiger partial charge in [-0.1, -0.05) is 23.8 Å². The molecule has 0 unspecified atom stereocenters. The molecule has 2 nitrogen and oxygen atoms in total. The molecule has 1 N–H and O–H groups in total. The van der Waals surface area contributed by atoms with Gasteiger partial charge in [0.05, 0.1) is 5.69 Å². The lowest BCUT2D eigenvalue weighted by atomic mass is 10.2. The number of aryl methyl sites for hydroxylation is 1. The van der Waals surface area contributed by atoms with Gasteiger partial charge in [-0.15, -0.1) is 6.58 Å². The lowest BCUT2D eigenvalue weighted by molar-refractivity contribution is 1.08. The molecule has 1 aromatic rings. The van der Waals surface area contributed by atoms with Gasteiger partial charge < -0.3 is 0 Å².